The van der Waals surface area contributed by atoms with Crippen LogP contribution in [-0.4, -0.2) is 46.1 Å². The van der Waals surface area contributed by atoms with E-state index in [1.54, 1.807) is 24.3 Å². The topological polar surface area (TPSA) is 107 Å². The summed E-state index contributed by atoms with van der Waals surface area (Å²) in [6.07, 6.45) is -1.20. The van der Waals surface area contributed by atoms with Gasteiger partial charge < -0.3 is 25.3 Å². The van der Waals surface area contributed by atoms with Crippen molar-refractivity contribution in [1.29, 1.82) is 0 Å². The van der Waals surface area contributed by atoms with Gasteiger partial charge in [-0.2, -0.15) is 0 Å². The van der Waals surface area contributed by atoms with Crippen molar-refractivity contribution < 1.29 is 27.9 Å². The van der Waals surface area contributed by atoms with E-state index in [9.17, 15) is 23.2 Å². The number of halogens is 3. The molecule has 0 saturated carbocycles. The molecule has 0 aliphatic carbocycles. The number of alkyl halides is 1. The van der Waals surface area contributed by atoms with Crippen molar-refractivity contribution in [1.82, 2.24) is 9.47 Å². The summed E-state index contributed by atoms with van der Waals surface area (Å²) in [5.74, 6) is -1.91. The molecule has 172 valence electrons. The Labute approximate surface area is 191 Å². The highest BCUT2D eigenvalue weighted by Crippen LogP contribution is 2.29. The molecule has 2 aromatic carbocycles. The SMILES string of the molecule is NC(=O)Oc1cn(CC(=O)N2C[C@H](F)C[C@H]2C(=O)Nc2cccc(Cl)c2F)c2ccccc12. The van der Waals surface area contributed by atoms with Gasteiger partial charge in [0.05, 0.1) is 22.8 Å². The molecule has 2 heterocycles. The molecular weight excluding hydrogens is 458 g/mol. The smallest absolute Gasteiger partial charge is 0.408 e. The van der Waals surface area contributed by atoms with Crippen LogP contribution in [0.2, 0.25) is 5.02 Å². The van der Waals surface area contributed by atoms with Gasteiger partial charge in [-0.1, -0.05) is 29.8 Å². The molecular formula is C22H19ClF2N4O4. The summed E-state index contributed by atoms with van der Waals surface area (Å²) in [7, 11) is 0. The minimum atomic E-state index is -1.41. The van der Waals surface area contributed by atoms with Gasteiger partial charge in [0.1, 0.15) is 18.8 Å². The molecule has 1 fully saturated rings. The first-order valence-electron chi connectivity index (χ1n) is 9.98. The Balaban J connectivity index is 1.55. The van der Waals surface area contributed by atoms with Crippen LogP contribution in [0, 0.1) is 5.82 Å². The number of nitrogens with zero attached hydrogens (tertiary/aromatic N) is 2. The molecule has 8 nitrogen and oxygen atoms in total. The van der Waals surface area contributed by atoms with Gasteiger partial charge in [0.15, 0.2) is 11.6 Å². The lowest BCUT2D eigenvalue weighted by Crippen LogP contribution is -2.44. The van der Waals surface area contributed by atoms with Gasteiger partial charge in [-0.25, -0.2) is 13.6 Å². The van der Waals surface area contributed by atoms with E-state index >= 15 is 0 Å². The lowest BCUT2D eigenvalue weighted by Gasteiger charge is -2.24. The molecule has 3 aromatic rings. The van der Waals surface area contributed by atoms with E-state index in [1.165, 1.54) is 29.0 Å². The monoisotopic (exact) mass is 476 g/mol. The number of aromatic nitrogens is 1. The highest BCUT2D eigenvalue weighted by atomic mass is 35.5. The predicted octanol–water partition coefficient (Wildman–Crippen LogP) is 3.47. The van der Waals surface area contributed by atoms with E-state index in [1.807, 2.05) is 0 Å². The van der Waals surface area contributed by atoms with Crippen LogP contribution in [0.1, 0.15) is 6.42 Å². The van der Waals surface area contributed by atoms with E-state index in [0.717, 1.165) is 4.90 Å². The molecule has 1 saturated heterocycles. The number of anilines is 1. The summed E-state index contributed by atoms with van der Waals surface area (Å²) in [6.45, 7) is -0.524. The first-order chi connectivity index (χ1) is 15.7. The maximum Gasteiger partial charge on any atom is 0.410 e. The summed E-state index contributed by atoms with van der Waals surface area (Å²) in [6, 6.07) is 9.84. The molecule has 33 heavy (non-hydrogen) atoms. The second-order valence-corrected chi connectivity index (χ2v) is 7.95. The average molecular weight is 477 g/mol. The zero-order valence-electron chi connectivity index (χ0n) is 17.1. The molecule has 2 atom stereocenters. The fourth-order valence-electron chi connectivity index (χ4n) is 3.90. The quantitative estimate of drug-likeness (QED) is 0.588. The van der Waals surface area contributed by atoms with Crippen LogP contribution < -0.4 is 15.8 Å². The number of carbonyl (C=O) groups is 3. The Morgan fingerprint density at radius 3 is 2.70 bits per heavy atom. The number of hydrogen-bond donors (Lipinski definition) is 2. The lowest BCUT2D eigenvalue weighted by molar-refractivity contribution is -0.137. The van der Waals surface area contributed by atoms with Crippen molar-refractivity contribution in [2.75, 3.05) is 11.9 Å². The summed E-state index contributed by atoms with van der Waals surface area (Å²) < 4.78 is 34.9. The normalized spacial score (nSPS) is 17.8. The second-order valence-electron chi connectivity index (χ2n) is 7.55. The van der Waals surface area contributed by atoms with E-state index in [0.29, 0.717) is 10.9 Å². The van der Waals surface area contributed by atoms with Gasteiger partial charge in [-0.05, 0) is 24.3 Å². The molecule has 0 spiro atoms. The molecule has 0 unspecified atom stereocenters. The van der Waals surface area contributed by atoms with Crippen LogP contribution in [0.5, 0.6) is 5.75 Å². The molecule has 11 heteroatoms. The number of benzene rings is 2. The maximum absolute atomic E-state index is 14.2. The van der Waals surface area contributed by atoms with Crippen molar-refractivity contribution >= 4 is 46.1 Å². The van der Waals surface area contributed by atoms with Crippen molar-refractivity contribution in [2.45, 2.75) is 25.2 Å². The Bertz CT molecular complexity index is 1250. The van der Waals surface area contributed by atoms with Crippen LogP contribution in [-0.2, 0) is 16.1 Å². The van der Waals surface area contributed by atoms with Gasteiger partial charge in [0.25, 0.3) is 0 Å². The summed E-state index contributed by atoms with van der Waals surface area (Å²) >= 11 is 5.74. The third-order valence-electron chi connectivity index (χ3n) is 5.35. The van der Waals surface area contributed by atoms with Gasteiger partial charge in [-0.15, -0.1) is 0 Å². The minimum Gasteiger partial charge on any atom is -0.408 e. The molecule has 1 aliphatic rings. The number of para-hydroxylation sites is 1. The number of nitrogens with two attached hydrogens (primary N) is 1. The lowest BCUT2D eigenvalue weighted by atomic mass is 10.2. The first-order valence-corrected chi connectivity index (χ1v) is 10.4. The van der Waals surface area contributed by atoms with Crippen LogP contribution in [0.25, 0.3) is 10.9 Å². The van der Waals surface area contributed by atoms with Crippen LogP contribution in [0.4, 0.5) is 19.3 Å². The number of primary amides is 1. The molecule has 3 amide bonds. The fraction of sp³-hybridized carbons (Fsp3) is 0.227. The van der Waals surface area contributed by atoms with E-state index in [4.69, 9.17) is 22.1 Å². The molecule has 1 aromatic heterocycles. The number of hydrogen-bond acceptors (Lipinski definition) is 4. The van der Waals surface area contributed by atoms with Crippen LogP contribution in [0.15, 0.2) is 48.7 Å². The van der Waals surface area contributed by atoms with Crippen molar-refractivity contribution in [3.63, 3.8) is 0 Å². The highest BCUT2D eigenvalue weighted by molar-refractivity contribution is 6.31. The van der Waals surface area contributed by atoms with Crippen molar-refractivity contribution in [3.05, 3.63) is 59.5 Å². The van der Waals surface area contributed by atoms with Crippen molar-refractivity contribution in [2.24, 2.45) is 5.73 Å². The number of amides is 3. The largest absolute Gasteiger partial charge is 0.410 e. The zero-order valence-corrected chi connectivity index (χ0v) is 17.9. The third kappa shape index (κ3) is 4.61. The van der Waals surface area contributed by atoms with E-state index < -0.39 is 35.9 Å². The highest BCUT2D eigenvalue weighted by Gasteiger charge is 2.40. The number of rotatable bonds is 5. The molecule has 4 rings (SSSR count). The van der Waals surface area contributed by atoms with Gasteiger partial charge in [-0.3, -0.25) is 9.59 Å². The molecule has 1 aliphatic heterocycles. The Hall–Kier alpha value is -3.66. The fourth-order valence-corrected chi connectivity index (χ4v) is 4.07. The van der Waals surface area contributed by atoms with Crippen LogP contribution >= 0.6 is 11.6 Å². The Morgan fingerprint density at radius 2 is 1.94 bits per heavy atom. The summed E-state index contributed by atoms with van der Waals surface area (Å²) in [5, 5.41) is 2.76. The van der Waals surface area contributed by atoms with Gasteiger partial charge in [0.2, 0.25) is 11.8 Å². The van der Waals surface area contributed by atoms with Gasteiger partial charge in [0, 0.05) is 18.0 Å². The first kappa shape index (κ1) is 22.5. The standard InChI is InChI=1S/C22H19ClF2N4O4/c23-14-5-3-6-15(20(14)25)27-21(31)17-8-12(24)9-29(17)19(30)11-28-10-18(33-22(26)32)13-4-1-2-7-16(13)28/h1-7,10,12,17H,8-9,11H2,(H2,26,32)(H,27,31)/t12-,17+/m1/s1. The Kier molecular flexibility index (Phi) is 6.19. The maximum atomic E-state index is 14.2. The number of likely N-dealkylation sites (tertiary alicyclic amines) is 1. The van der Waals surface area contributed by atoms with E-state index in [2.05, 4.69) is 5.32 Å². The third-order valence-corrected chi connectivity index (χ3v) is 5.64. The van der Waals surface area contributed by atoms with Crippen LogP contribution in [0.3, 0.4) is 0 Å². The zero-order chi connectivity index (χ0) is 23.7. The molecule has 0 bridgehead atoms. The van der Waals surface area contributed by atoms with E-state index in [-0.39, 0.29) is 36.0 Å². The number of nitrogens with one attached hydrogen (secondary N) is 1. The molecule has 3 N–H and O–H groups in total. The minimum absolute atomic E-state index is 0.160. The summed E-state index contributed by atoms with van der Waals surface area (Å²) in [4.78, 5) is 38.1. The number of carbonyl (C=O) groups excluding carboxylic acids is 3. The number of fused-ring (bicyclic) bond motifs is 1. The average Bonchev–Trinajstić information content (AvgIpc) is 3.32. The van der Waals surface area contributed by atoms with Crippen molar-refractivity contribution in [3.8, 4) is 5.75 Å². The second kappa shape index (κ2) is 9.07. The molecule has 0 radical (unpaired) electrons. The summed E-state index contributed by atoms with van der Waals surface area (Å²) in [5.41, 5.74) is 5.53. The predicted molar refractivity (Wildman–Crippen MR) is 117 cm³/mol. The van der Waals surface area contributed by atoms with Gasteiger partial charge >= 0.3 is 6.09 Å². The Morgan fingerprint density at radius 1 is 1.18 bits per heavy atom. The number of ether oxygens (including phenoxy) is 1.